The van der Waals surface area contributed by atoms with Crippen LogP contribution in [0.4, 0.5) is 0 Å². The van der Waals surface area contributed by atoms with E-state index >= 15 is 0 Å². The molecule has 7 heteroatoms. The molecule has 0 spiro atoms. The first-order chi connectivity index (χ1) is 8.41. The van der Waals surface area contributed by atoms with E-state index < -0.39 is 17.9 Å². The molecular weight excluding hydrogens is 359 g/mol. The molecule has 0 saturated heterocycles. The third kappa shape index (κ3) is 26.7. The van der Waals surface area contributed by atoms with E-state index in [2.05, 4.69) is 6.92 Å². The fourth-order valence-electron chi connectivity index (χ4n) is 1.23. The van der Waals surface area contributed by atoms with Gasteiger partial charge in [0.1, 0.15) is 0 Å². The molecule has 112 valence electrons. The summed E-state index contributed by atoms with van der Waals surface area (Å²) < 4.78 is 0. The first kappa shape index (κ1) is 23.3. The molecule has 0 bridgehead atoms. The van der Waals surface area contributed by atoms with Gasteiger partial charge in [-0.05, 0) is 6.42 Å². The second kappa shape index (κ2) is 17.2. The van der Waals surface area contributed by atoms with Crippen molar-refractivity contribution in [2.75, 3.05) is 0 Å². The SMILES string of the molecule is CCCCCCCCCC(=O)O.O=C(O)C(=O)O.[SnH2]. The minimum absolute atomic E-state index is 0. The molecule has 0 atom stereocenters. The summed E-state index contributed by atoms with van der Waals surface area (Å²) in [5.41, 5.74) is 0. The van der Waals surface area contributed by atoms with Crippen molar-refractivity contribution in [1.29, 1.82) is 0 Å². The van der Waals surface area contributed by atoms with Crippen LogP contribution in [0.2, 0.25) is 0 Å². The Balaban J connectivity index is -0.000000313. The molecule has 6 nitrogen and oxygen atoms in total. The van der Waals surface area contributed by atoms with Crippen LogP contribution < -0.4 is 0 Å². The molecule has 0 aromatic carbocycles. The Bertz CT molecular complexity index is 243. The molecule has 19 heavy (non-hydrogen) atoms. The first-order valence-corrected chi connectivity index (χ1v) is 6.09. The molecule has 0 aliphatic carbocycles. The molecular formula is C12H24O6Sn. The van der Waals surface area contributed by atoms with Crippen LogP contribution in [0.3, 0.4) is 0 Å². The molecule has 0 saturated carbocycles. The van der Waals surface area contributed by atoms with Crippen LogP contribution >= 0.6 is 0 Å². The number of rotatable bonds is 8. The van der Waals surface area contributed by atoms with Crippen LogP contribution in [0, 0.1) is 0 Å². The zero-order valence-corrected chi connectivity index (χ0v) is 15.5. The van der Waals surface area contributed by atoms with Crippen LogP contribution in [-0.2, 0) is 14.4 Å². The van der Waals surface area contributed by atoms with Crippen LogP contribution in [0.15, 0.2) is 0 Å². The fourth-order valence-corrected chi connectivity index (χ4v) is 1.23. The molecule has 0 aromatic rings. The van der Waals surface area contributed by atoms with Gasteiger partial charge in [0.25, 0.3) is 0 Å². The monoisotopic (exact) mass is 384 g/mol. The van der Waals surface area contributed by atoms with Gasteiger partial charge in [-0.2, -0.15) is 0 Å². The van der Waals surface area contributed by atoms with Crippen molar-refractivity contribution in [1.82, 2.24) is 0 Å². The zero-order valence-electron chi connectivity index (χ0n) is 11.4. The molecule has 0 amide bonds. The quantitative estimate of drug-likeness (QED) is 0.332. The van der Waals surface area contributed by atoms with Gasteiger partial charge in [-0.25, -0.2) is 9.59 Å². The van der Waals surface area contributed by atoms with Crippen LogP contribution in [0.5, 0.6) is 0 Å². The van der Waals surface area contributed by atoms with E-state index in [-0.39, 0.29) is 23.9 Å². The van der Waals surface area contributed by atoms with Crippen molar-refractivity contribution in [2.45, 2.75) is 58.3 Å². The van der Waals surface area contributed by atoms with Crippen molar-refractivity contribution in [2.24, 2.45) is 0 Å². The van der Waals surface area contributed by atoms with Gasteiger partial charge in [0, 0.05) is 6.42 Å². The Morgan fingerprint density at radius 2 is 1.11 bits per heavy atom. The Kier molecular flexibility index (Phi) is 21.1. The van der Waals surface area contributed by atoms with Crippen molar-refractivity contribution in [3.63, 3.8) is 0 Å². The molecule has 0 aromatic heterocycles. The summed E-state index contributed by atoms with van der Waals surface area (Å²) in [6, 6.07) is 0. The van der Waals surface area contributed by atoms with E-state index in [0.29, 0.717) is 6.42 Å². The Hall–Kier alpha value is -0.791. The summed E-state index contributed by atoms with van der Waals surface area (Å²) in [4.78, 5) is 28.3. The van der Waals surface area contributed by atoms with Crippen molar-refractivity contribution >= 4 is 41.8 Å². The Morgan fingerprint density at radius 3 is 1.42 bits per heavy atom. The predicted octanol–water partition coefficient (Wildman–Crippen LogP) is 1.45. The van der Waals surface area contributed by atoms with Gasteiger partial charge in [-0.15, -0.1) is 0 Å². The summed E-state index contributed by atoms with van der Waals surface area (Å²) in [7, 11) is 0. The van der Waals surface area contributed by atoms with E-state index in [0.717, 1.165) is 12.8 Å². The average molecular weight is 383 g/mol. The topological polar surface area (TPSA) is 112 Å². The van der Waals surface area contributed by atoms with Gasteiger partial charge in [0.15, 0.2) is 0 Å². The van der Waals surface area contributed by atoms with Gasteiger partial charge < -0.3 is 15.3 Å². The maximum absolute atomic E-state index is 10.1. The number of carboxylic acid groups (broad SMARTS) is 3. The number of carbonyl (C=O) groups is 3. The van der Waals surface area contributed by atoms with Crippen LogP contribution in [0.25, 0.3) is 0 Å². The standard InChI is InChI=1S/C10H20O2.C2H2O4.Sn.2H/c1-2-3-4-5-6-7-8-9-10(11)12;3-1(4)2(5)6;;;/h2-9H2,1H3,(H,11,12);(H,3,4)(H,5,6);;;. The Morgan fingerprint density at radius 1 is 0.737 bits per heavy atom. The Labute approximate surface area is 130 Å². The van der Waals surface area contributed by atoms with E-state index in [9.17, 15) is 4.79 Å². The van der Waals surface area contributed by atoms with Crippen LogP contribution in [0.1, 0.15) is 58.3 Å². The van der Waals surface area contributed by atoms with Gasteiger partial charge >= 0.3 is 41.8 Å². The van der Waals surface area contributed by atoms with Gasteiger partial charge in [-0.1, -0.05) is 45.4 Å². The molecule has 2 radical (unpaired) electrons. The van der Waals surface area contributed by atoms with Crippen LogP contribution in [-0.4, -0.2) is 57.1 Å². The number of hydrogen-bond donors (Lipinski definition) is 3. The zero-order chi connectivity index (χ0) is 14.4. The van der Waals surface area contributed by atoms with E-state index in [1.807, 2.05) is 0 Å². The van der Waals surface area contributed by atoms with E-state index in [4.69, 9.17) is 24.9 Å². The van der Waals surface area contributed by atoms with E-state index in [1.54, 1.807) is 0 Å². The summed E-state index contributed by atoms with van der Waals surface area (Å²) in [6.45, 7) is 2.20. The first-order valence-electron chi connectivity index (χ1n) is 6.09. The summed E-state index contributed by atoms with van der Waals surface area (Å²) in [5, 5.41) is 23.1. The summed E-state index contributed by atoms with van der Waals surface area (Å²) in [5.74, 6) is -4.31. The van der Waals surface area contributed by atoms with Crippen molar-refractivity contribution in [3.05, 3.63) is 0 Å². The molecule has 0 rings (SSSR count). The normalized spacial score (nSPS) is 8.68. The van der Waals surface area contributed by atoms with Gasteiger partial charge in [0.05, 0.1) is 0 Å². The molecule has 0 heterocycles. The molecule has 0 aliphatic heterocycles. The number of carboxylic acids is 3. The second-order valence-electron chi connectivity index (χ2n) is 3.88. The van der Waals surface area contributed by atoms with Gasteiger partial charge in [-0.3, -0.25) is 4.79 Å². The minimum atomic E-state index is -1.82. The average Bonchev–Trinajstić information content (AvgIpc) is 2.28. The summed E-state index contributed by atoms with van der Waals surface area (Å²) in [6.07, 6.45) is 8.64. The molecule has 0 fully saturated rings. The molecule has 0 unspecified atom stereocenters. The van der Waals surface area contributed by atoms with Crippen molar-refractivity contribution < 1.29 is 29.7 Å². The van der Waals surface area contributed by atoms with Gasteiger partial charge in [0.2, 0.25) is 0 Å². The third-order valence-corrected chi connectivity index (χ3v) is 2.18. The second-order valence-corrected chi connectivity index (χ2v) is 3.88. The van der Waals surface area contributed by atoms with Crippen molar-refractivity contribution in [3.8, 4) is 0 Å². The maximum atomic E-state index is 10.1. The molecule has 3 N–H and O–H groups in total. The van der Waals surface area contributed by atoms with E-state index in [1.165, 1.54) is 32.1 Å². The number of unbranched alkanes of at least 4 members (excludes halogenated alkanes) is 6. The number of aliphatic carboxylic acids is 3. The summed E-state index contributed by atoms with van der Waals surface area (Å²) >= 11 is 0. The third-order valence-electron chi connectivity index (χ3n) is 2.18. The molecule has 0 aliphatic rings. The predicted molar refractivity (Wildman–Crippen MR) is 74.1 cm³/mol. The fraction of sp³-hybridized carbons (Fsp3) is 0.750. The number of hydrogen-bond acceptors (Lipinski definition) is 3.